The Kier molecular flexibility index (Phi) is 1.76. The van der Waals surface area contributed by atoms with E-state index in [1.54, 1.807) is 20.9 Å². The van der Waals surface area contributed by atoms with Crippen LogP contribution in [0.25, 0.3) is 0 Å². The quantitative estimate of drug-likeness (QED) is 0.646. The second-order valence-electron chi connectivity index (χ2n) is 5.11. The fraction of sp³-hybridized carbons (Fsp3) is 0.429. The van der Waals surface area contributed by atoms with Crippen LogP contribution >= 0.6 is 22.7 Å². The van der Waals surface area contributed by atoms with E-state index in [1.807, 2.05) is 22.7 Å². The summed E-state index contributed by atoms with van der Waals surface area (Å²) in [6, 6.07) is 4.83. The molecule has 0 radical (unpaired) electrons. The maximum absolute atomic E-state index is 2.42. The Labute approximate surface area is 104 Å². The number of hydrogen-bond donors (Lipinski definition) is 0. The zero-order chi connectivity index (χ0) is 10.9. The summed E-state index contributed by atoms with van der Waals surface area (Å²) in [6.07, 6.45) is 2.61. The minimum absolute atomic E-state index is 0.829. The van der Waals surface area contributed by atoms with Gasteiger partial charge in [-0.2, -0.15) is 0 Å². The Hall–Kier alpha value is -0.600. The lowest BCUT2D eigenvalue weighted by Gasteiger charge is -2.09. The molecule has 2 unspecified atom stereocenters. The molecule has 4 rings (SSSR count). The van der Waals surface area contributed by atoms with E-state index < -0.39 is 0 Å². The van der Waals surface area contributed by atoms with Crippen LogP contribution in [0.4, 0.5) is 0 Å². The molecule has 0 N–H and O–H groups in total. The van der Waals surface area contributed by atoms with Crippen molar-refractivity contribution in [1.82, 2.24) is 0 Å². The monoisotopic (exact) mass is 246 g/mol. The molecule has 16 heavy (non-hydrogen) atoms. The van der Waals surface area contributed by atoms with E-state index in [1.165, 1.54) is 22.6 Å². The van der Waals surface area contributed by atoms with Crippen molar-refractivity contribution in [3.8, 4) is 0 Å². The van der Waals surface area contributed by atoms with Crippen molar-refractivity contribution in [2.75, 3.05) is 0 Å². The lowest BCUT2D eigenvalue weighted by atomic mass is 10.00. The summed E-state index contributed by atoms with van der Waals surface area (Å²) in [4.78, 5) is 6.39. The third kappa shape index (κ3) is 1.09. The van der Waals surface area contributed by atoms with Gasteiger partial charge in [0.25, 0.3) is 0 Å². The summed E-state index contributed by atoms with van der Waals surface area (Å²) < 4.78 is 0. The van der Waals surface area contributed by atoms with Gasteiger partial charge in [-0.25, -0.2) is 0 Å². The zero-order valence-corrected chi connectivity index (χ0v) is 11.2. The van der Waals surface area contributed by atoms with Gasteiger partial charge in [0.2, 0.25) is 0 Å². The molecule has 0 amide bonds. The molecule has 0 saturated heterocycles. The Morgan fingerprint density at radius 3 is 1.75 bits per heavy atom. The first-order chi connectivity index (χ1) is 7.72. The molecule has 82 valence electrons. The molecule has 2 aromatic rings. The number of fused-ring (bicyclic) bond motifs is 5. The number of rotatable bonds is 0. The average molecular weight is 246 g/mol. The molecular weight excluding hydrogens is 232 g/mol. The Morgan fingerprint density at radius 2 is 1.31 bits per heavy atom. The van der Waals surface area contributed by atoms with Crippen LogP contribution in [0, 0.1) is 13.8 Å². The summed E-state index contributed by atoms with van der Waals surface area (Å²) >= 11 is 4.07. The number of hydrogen-bond acceptors (Lipinski definition) is 2. The lowest BCUT2D eigenvalue weighted by Crippen LogP contribution is -1.97. The van der Waals surface area contributed by atoms with Crippen LogP contribution < -0.4 is 0 Å². The average Bonchev–Trinajstić information content (AvgIpc) is 2.85. The molecule has 2 heterocycles. The van der Waals surface area contributed by atoms with Gasteiger partial charge in [0.05, 0.1) is 0 Å². The molecule has 2 aromatic heterocycles. The van der Waals surface area contributed by atoms with Crippen LogP contribution in [-0.4, -0.2) is 0 Å². The standard InChI is InChI=1S/C14H14S2/c1-7-3-9-5-12-11(13(9)15-7)6-10-4-8(2)16-14(10)12/h3-4,11-12H,5-6H2,1-2H3. The smallest absolute Gasteiger partial charge is 0.0121 e. The van der Waals surface area contributed by atoms with E-state index >= 15 is 0 Å². The van der Waals surface area contributed by atoms with Crippen molar-refractivity contribution >= 4 is 22.7 Å². The topological polar surface area (TPSA) is 0 Å². The van der Waals surface area contributed by atoms with E-state index in [2.05, 4.69) is 26.0 Å². The van der Waals surface area contributed by atoms with Gasteiger partial charge in [-0.05, 0) is 49.9 Å². The van der Waals surface area contributed by atoms with E-state index in [0.29, 0.717) is 0 Å². The molecule has 0 aromatic carbocycles. The van der Waals surface area contributed by atoms with Crippen LogP contribution in [0.2, 0.25) is 0 Å². The normalized spacial score (nSPS) is 25.6. The third-order valence-electron chi connectivity index (χ3n) is 3.97. The highest BCUT2D eigenvalue weighted by molar-refractivity contribution is 7.13. The van der Waals surface area contributed by atoms with Gasteiger partial charge in [0.15, 0.2) is 0 Å². The van der Waals surface area contributed by atoms with Crippen LogP contribution in [0.3, 0.4) is 0 Å². The predicted octanol–water partition coefficient (Wildman–Crippen LogP) is 4.41. The summed E-state index contributed by atoms with van der Waals surface area (Å²) in [5, 5.41) is 0. The molecule has 0 aliphatic heterocycles. The maximum Gasteiger partial charge on any atom is 0.0121 e. The van der Waals surface area contributed by atoms with Crippen LogP contribution in [0.1, 0.15) is 42.5 Å². The largest absolute Gasteiger partial charge is 0.145 e. The minimum atomic E-state index is 0.829. The van der Waals surface area contributed by atoms with Crippen molar-refractivity contribution in [2.24, 2.45) is 0 Å². The van der Waals surface area contributed by atoms with Crippen LogP contribution in [0.15, 0.2) is 12.1 Å². The maximum atomic E-state index is 2.42. The van der Waals surface area contributed by atoms with Crippen LogP contribution in [0.5, 0.6) is 0 Å². The highest BCUT2D eigenvalue weighted by Gasteiger charge is 2.41. The van der Waals surface area contributed by atoms with Gasteiger partial charge >= 0.3 is 0 Å². The van der Waals surface area contributed by atoms with Gasteiger partial charge < -0.3 is 0 Å². The SMILES string of the molecule is Cc1cc2c(s1)C1Cc3cc(C)sc3C1C2. The second kappa shape index (κ2) is 2.99. The number of thiophene rings is 2. The summed E-state index contributed by atoms with van der Waals surface area (Å²) in [6.45, 7) is 4.49. The summed E-state index contributed by atoms with van der Waals surface area (Å²) in [7, 11) is 0. The van der Waals surface area contributed by atoms with Crippen molar-refractivity contribution in [3.05, 3.63) is 42.8 Å². The van der Waals surface area contributed by atoms with E-state index in [9.17, 15) is 0 Å². The van der Waals surface area contributed by atoms with Crippen molar-refractivity contribution < 1.29 is 0 Å². The Morgan fingerprint density at radius 1 is 0.875 bits per heavy atom. The summed E-state index contributed by atoms with van der Waals surface area (Å²) in [5.41, 5.74) is 3.29. The van der Waals surface area contributed by atoms with Gasteiger partial charge in [-0.3, -0.25) is 0 Å². The Balaban J connectivity index is 1.82. The molecule has 0 spiro atoms. The molecule has 0 fully saturated rings. The molecule has 0 saturated carbocycles. The van der Waals surface area contributed by atoms with Gasteiger partial charge in [-0.1, -0.05) is 0 Å². The van der Waals surface area contributed by atoms with Gasteiger partial charge in [-0.15, -0.1) is 22.7 Å². The van der Waals surface area contributed by atoms with Gasteiger partial charge in [0, 0.05) is 31.3 Å². The lowest BCUT2D eigenvalue weighted by molar-refractivity contribution is 0.643. The number of aryl methyl sites for hydroxylation is 2. The molecule has 0 nitrogen and oxygen atoms in total. The molecule has 2 aliphatic carbocycles. The fourth-order valence-corrected chi connectivity index (χ4v) is 5.87. The van der Waals surface area contributed by atoms with E-state index in [-0.39, 0.29) is 0 Å². The molecule has 2 heteroatoms. The first-order valence-electron chi connectivity index (χ1n) is 5.91. The molecule has 2 atom stereocenters. The van der Waals surface area contributed by atoms with E-state index in [0.717, 1.165) is 11.8 Å². The van der Waals surface area contributed by atoms with Crippen molar-refractivity contribution in [1.29, 1.82) is 0 Å². The predicted molar refractivity (Wildman–Crippen MR) is 71.0 cm³/mol. The molecule has 0 bridgehead atoms. The van der Waals surface area contributed by atoms with Crippen molar-refractivity contribution in [2.45, 2.75) is 38.5 Å². The molecule has 2 aliphatic rings. The molecular formula is C14H14S2. The van der Waals surface area contributed by atoms with Gasteiger partial charge in [0.1, 0.15) is 0 Å². The fourth-order valence-electron chi connectivity index (χ4n) is 3.43. The second-order valence-corrected chi connectivity index (χ2v) is 7.69. The zero-order valence-electron chi connectivity index (χ0n) is 9.54. The van der Waals surface area contributed by atoms with Crippen molar-refractivity contribution in [3.63, 3.8) is 0 Å². The van der Waals surface area contributed by atoms with E-state index in [4.69, 9.17) is 0 Å². The Bertz CT molecular complexity index is 521. The first-order valence-corrected chi connectivity index (χ1v) is 7.54. The summed E-state index contributed by atoms with van der Waals surface area (Å²) in [5.74, 6) is 1.66. The third-order valence-corrected chi connectivity index (χ3v) is 6.42. The minimum Gasteiger partial charge on any atom is -0.145 e. The highest BCUT2D eigenvalue weighted by Crippen LogP contribution is 2.56. The van der Waals surface area contributed by atoms with Crippen LogP contribution in [-0.2, 0) is 12.8 Å². The highest BCUT2D eigenvalue weighted by atomic mass is 32.1. The first kappa shape index (κ1) is 9.43.